The van der Waals surface area contributed by atoms with Crippen molar-refractivity contribution in [1.29, 1.82) is 0 Å². The van der Waals surface area contributed by atoms with E-state index in [-0.39, 0.29) is 0 Å². The number of rotatable bonds is 5. The lowest BCUT2D eigenvalue weighted by molar-refractivity contribution is 0.788. The molecule has 2 rings (SSSR count). The molecule has 3 N–H and O–H groups in total. The first-order valence-corrected chi connectivity index (χ1v) is 6.45. The molecule has 5 nitrogen and oxygen atoms in total. The fraction of sp³-hybridized carbons (Fsp3) is 0.308. The van der Waals surface area contributed by atoms with Crippen LogP contribution in [0, 0.1) is 6.92 Å². The van der Waals surface area contributed by atoms with Crippen molar-refractivity contribution in [2.75, 3.05) is 11.9 Å². The van der Waals surface area contributed by atoms with Crippen molar-refractivity contribution >= 4 is 23.0 Å². The topological polar surface area (TPSA) is 68.8 Å². The van der Waals surface area contributed by atoms with Gasteiger partial charge in [-0.1, -0.05) is 12.2 Å². The molecule has 0 fully saturated rings. The van der Waals surface area contributed by atoms with Crippen LogP contribution in [0.25, 0.3) is 0 Å². The summed E-state index contributed by atoms with van der Waals surface area (Å²) in [7, 11) is 1.98. The molecule has 0 saturated carbocycles. The van der Waals surface area contributed by atoms with Crippen molar-refractivity contribution in [3.8, 4) is 0 Å². The number of hydrogen-bond donors (Lipinski definition) is 2. The highest BCUT2D eigenvalue weighted by atomic mass is 32.1. The van der Waals surface area contributed by atoms with Gasteiger partial charge in [-0.15, -0.1) is 0 Å². The van der Waals surface area contributed by atoms with E-state index in [1.807, 2.05) is 36.9 Å². The summed E-state index contributed by atoms with van der Waals surface area (Å²) in [5.74, 6) is 1.83. The number of nitrogens with zero attached hydrogens (tertiary/aromatic N) is 3. The first-order chi connectivity index (χ1) is 9.06. The van der Waals surface area contributed by atoms with Crippen molar-refractivity contribution in [3.63, 3.8) is 0 Å². The summed E-state index contributed by atoms with van der Waals surface area (Å²) in [6.07, 6.45) is 4.57. The SMILES string of the molecule is Cc1cc(C(N)=S)cc(NCCc2nccn2C)n1. The van der Waals surface area contributed by atoms with E-state index in [1.165, 1.54) is 0 Å². The van der Waals surface area contributed by atoms with E-state index in [1.54, 1.807) is 6.20 Å². The lowest BCUT2D eigenvalue weighted by Crippen LogP contribution is -2.13. The van der Waals surface area contributed by atoms with E-state index in [0.717, 1.165) is 35.9 Å². The Morgan fingerprint density at radius 1 is 1.47 bits per heavy atom. The number of aryl methyl sites for hydroxylation is 2. The lowest BCUT2D eigenvalue weighted by Gasteiger charge is -2.08. The molecular weight excluding hydrogens is 258 g/mol. The van der Waals surface area contributed by atoms with Gasteiger partial charge in [-0.2, -0.15) is 0 Å². The second kappa shape index (κ2) is 5.79. The van der Waals surface area contributed by atoms with Gasteiger partial charge in [-0.25, -0.2) is 9.97 Å². The molecule has 2 aromatic heterocycles. The minimum absolute atomic E-state index is 0.387. The molecule has 0 atom stereocenters. The average molecular weight is 275 g/mol. The summed E-state index contributed by atoms with van der Waals surface area (Å²) in [5, 5.41) is 3.27. The third-order valence-corrected chi connectivity index (χ3v) is 3.05. The highest BCUT2D eigenvalue weighted by Crippen LogP contribution is 2.10. The third-order valence-electron chi connectivity index (χ3n) is 2.81. The van der Waals surface area contributed by atoms with Crippen molar-refractivity contribution in [2.24, 2.45) is 12.8 Å². The van der Waals surface area contributed by atoms with E-state index in [0.29, 0.717) is 4.99 Å². The van der Waals surface area contributed by atoms with E-state index < -0.39 is 0 Å². The third kappa shape index (κ3) is 3.51. The molecule has 0 aliphatic rings. The molecule has 0 aromatic carbocycles. The van der Waals surface area contributed by atoms with Gasteiger partial charge in [-0.3, -0.25) is 0 Å². The quantitative estimate of drug-likeness (QED) is 0.808. The van der Waals surface area contributed by atoms with Crippen LogP contribution in [-0.4, -0.2) is 26.1 Å². The molecule has 100 valence electrons. The fourth-order valence-corrected chi connectivity index (χ4v) is 1.96. The average Bonchev–Trinajstić information content (AvgIpc) is 2.74. The minimum Gasteiger partial charge on any atom is -0.389 e. The van der Waals surface area contributed by atoms with E-state index in [2.05, 4.69) is 15.3 Å². The Labute approximate surface area is 117 Å². The second-order valence-corrected chi connectivity index (χ2v) is 4.82. The summed E-state index contributed by atoms with van der Waals surface area (Å²) < 4.78 is 2.01. The zero-order valence-corrected chi connectivity index (χ0v) is 11.9. The maximum absolute atomic E-state index is 5.64. The van der Waals surface area contributed by atoms with E-state index in [9.17, 15) is 0 Å². The molecule has 0 radical (unpaired) electrons. The van der Waals surface area contributed by atoms with E-state index in [4.69, 9.17) is 18.0 Å². The number of nitrogens with two attached hydrogens (primary N) is 1. The summed E-state index contributed by atoms with van der Waals surface area (Å²) in [4.78, 5) is 9.06. The number of nitrogens with one attached hydrogen (secondary N) is 1. The smallest absolute Gasteiger partial charge is 0.126 e. The number of thiocarbonyl (C=S) groups is 1. The maximum atomic E-state index is 5.64. The van der Waals surface area contributed by atoms with Gasteiger partial charge in [0, 0.05) is 43.7 Å². The van der Waals surface area contributed by atoms with Gasteiger partial charge < -0.3 is 15.6 Å². The Morgan fingerprint density at radius 3 is 2.89 bits per heavy atom. The minimum atomic E-state index is 0.387. The molecule has 2 aromatic rings. The van der Waals surface area contributed by atoms with Crippen LogP contribution < -0.4 is 11.1 Å². The van der Waals surface area contributed by atoms with Crippen LogP contribution in [0.4, 0.5) is 5.82 Å². The van der Waals surface area contributed by atoms with E-state index >= 15 is 0 Å². The Hall–Kier alpha value is -1.95. The molecule has 19 heavy (non-hydrogen) atoms. The van der Waals surface area contributed by atoms with Crippen molar-refractivity contribution in [2.45, 2.75) is 13.3 Å². The molecule has 2 heterocycles. The van der Waals surface area contributed by atoms with Gasteiger partial charge in [0.2, 0.25) is 0 Å². The van der Waals surface area contributed by atoms with Gasteiger partial charge in [0.1, 0.15) is 16.6 Å². The first-order valence-electron chi connectivity index (χ1n) is 6.05. The Bertz CT molecular complexity index is 590. The van der Waals surface area contributed by atoms with Crippen molar-refractivity contribution in [1.82, 2.24) is 14.5 Å². The molecule has 6 heteroatoms. The number of pyridine rings is 1. The molecule has 0 aliphatic carbocycles. The normalized spacial score (nSPS) is 10.4. The highest BCUT2D eigenvalue weighted by molar-refractivity contribution is 7.80. The van der Waals surface area contributed by atoms with Gasteiger partial charge in [0.25, 0.3) is 0 Å². The maximum Gasteiger partial charge on any atom is 0.126 e. The molecule has 0 amide bonds. The van der Waals surface area contributed by atoms with Crippen LogP contribution in [0.5, 0.6) is 0 Å². The number of aromatic nitrogens is 3. The van der Waals surface area contributed by atoms with Crippen molar-refractivity contribution < 1.29 is 0 Å². The summed E-state index contributed by atoms with van der Waals surface area (Å²) in [6.45, 7) is 2.68. The van der Waals surface area contributed by atoms with Crippen LogP contribution in [-0.2, 0) is 13.5 Å². The Kier molecular flexibility index (Phi) is 4.11. The van der Waals surface area contributed by atoms with Crippen molar-refractivity contribution in [3.05, 3.63) is 41.6 Å². The van der Waals surface area contributed by atoms with Gasteiger partial charge in [0.05, 0.1) is 0 Å². The zero-order valence-electron chi connectivity index (χ0n) is 11.1. The van der Waals surface area contributed by atoms with Gasteiger partial charge in [0.15, 0.2) is 0 Å². The summed E-state index contributed by atoms with van der Waals surface area (Å²) >= 11 is 4.98. The van der Waals surface area contributed by atoms with Crippen LogP contribution in [0.1, 0.15) is 17.1 Å². The van der Waals surface area contributed by atoms with Crippen LogP contribution in [0.15, 0.2) is 24.5 Å². The predicted molar refractivity (Wildman–Crippen MR) is 80.3 cm³/mol. The van der Waals surface area contributed by atoms with Crippen LogP contribution in [0.2, 0.25) is 0 Å². The van der Waals surface area contributed by atoms with Gasteiger partial charge >= 0.3 is 0 Å². The largest absolute Gasteiger partial charge is 0.389 e. The molecule has 0 bridgehead atoms. The van der Waals surface area contributed by atoms with Crippen LogP contribution >= 0.6 is 12.2 Å². The summed E-state index contributed by atoms with van der Waals surface area (Å²) in [6, 6.07) is 3.75. The number of anilines is 1. The van der Waals surface area contributed by atoms with Gasteiger partial charge in [-0.05, 0) is 19.1 Å². The molecule has 0 aliphatic heterocycles. The number of imidazole rings is 1. The number of hydrogen-bond acceptors (Lipinski definition) is 4. The highest BCUT2D eigenvalue weighted by Gasteiger charge is 2.03. The molecule has 0 spiro atoms. The Balaban J connectivity index is 2.00. The zero-order chi connectivity index (χ0) is 13.8. The predicted octanol–water partition coefficient (Wildman–Crippen LogP) is 1.41. The lowest BCUT2D eigenvalue weighted by atomic mass is 10.2. The molecular formula is C13H17N5S. The first kappa shape index (κ1) is 13.5. The monoisotopic (exact) mass is 275 g/mol. The standard InChI is InChI=1S/C13H17N5S/c1-9-7-10(13(14)19)8-11(17-9)15-4-3-12-16-5-6-18(12)2/h5-8H,3-4H2,1-2H3,(H2,14,19)(H,15,17). The van der Waals surface area contributed by atoms with Crippen LogP contribution in [0.3, 0.4) is 0 Å². The Morgan fingerprint density at radius 2 is 2.26 bits per heavy atom. The molecule has 0 saturated heterocycles. The fourth-order valence-electron chi connectivity index (χ4n) is 1.84. The molecule has 0 unspecified atom stereocenters. The summed E-state index contributed by atoms with van der Waals surface area (Å²) in [5.41, 5.74) is 7.37. The second-order valence-electron chi connectivity index (χ2n) is 4.38.